The van der Waals surface area contributed by atoms with Gasteiger partial charge in [-0.05, 0) is 11.6 Å². The number of piperazine rings is 1. The van der Waals surface area contributed by atoms with Crippen LogP contribution in [0.2, 0.25) is 0 Å². The molecule has 0 unspecified atom stereocenters. The number of hydrogen-bond donors (Lipinski definition) is 0. The van der Waals surface area contributed by atoms with Gasteiger partial charge < -0.3 is 4.90 Å². The molecule has 0 radical (unpaired) electrons. The van der Waals surface area contributed by atoms with E-state index in [1.165, 1.54) is 18.3 Å². The Balaban J connectivity index is 1.57. The topological polar surface area (TPSA) is 41.4 Å². The summed E-state index contributed by atoms with van der Waals surface area (Å²) in [5.41, 5.74) is 0.547. The lowest BCUT2D eigenvalue weighted by molar-refractivity contribution is -0.137. The van der Waals surface area contributed by atoms with E-state index in [0.29, 0.717) is 43.9 Å². The minimum absolute atomic E-state index is 0.0631. The first kappa shape index (κ1) is 17.5. The molecule has 1 aliphatic heterocycles. The van der Waals surface area contributed by atoms with E-state index in [9.17, 15) is 18.0 Å². The summed E-state index contributed by atoms with van der Waals surface area (Å²) in [4.78, 5) is 16.2. The second-order valence-corrected chi connectivity index (χ2v) is 6.17. The molecule has 0 atom stereocenters. The first-order valence-electron chi connectivity index (χ1n) is 7.99. The maximum Gasteiger partial charge on any atom is 0.416 e. The van der Waals surface area contributed by atoms with Crippen LogP contribution >= 0.6 is 0 Å². The van der Waals surface area contributed by atoms with Gasteiger partial charge in [-0.2, -0.15) is 18.3 Å². The van der Waals surface area contributed by atoms with Crippen molar-refractivity contribution in [1.29, 1.82) is 0 Å². The van der Waals surface area contributed by atoms with Crippen LogP contribution in [0.5, 0.6) is 0 Å². The number of benzene rings is 1. The number of carbonyl (C=O) groups excluding carboxylic acids is 1. The van der Waals surface area contributed by atoms with E-state index in [1.54, 1.807) is 28.9 Å². The minimum Gasteiger partial charge on any atom is -0.336 e. The molecule has 0 N–H and O–H groups in total. The third-order valence-corrected chi connectivity index (χ3v) is 4.27. The highest BCUT2D eigenvalue weighted by atomic mass is 19.4. The van der Waals surface area contributed by atoms with Crippen molar-refractivity contribution in [3.63, 3.8) is 0 Å². The molecule has 1 aromatic carbocycles. The number of carbonyl (C=O) groups is 1. The Bertz CT molecular complexity index is 748. The lowest BCUT2D eigenvalue weighted by atomic mass is 10.1. The molecule has 1 amide bonds. The van der Waals surface area contributed by atoms with Crippen LogP contribution < -0.4 is 0 Å². The van der Waals surface area contributed by atoms with E-state index in [4.69, 9.17) is 0 Å². The van der Waals surface area contributed by atoms with Crippen molar-refractivity contribution >= 4 is 5.91 Å². The summed E-state index contributed by atoms with van der Waals surface area (Å²) < 4.78 is 39.9. The van der Waals surface area contributed by atoms with Crippen molar-refractivity contribution in [3.05, 3.63) is 53.3 Å². The SMILES string of the molecule is Cn1cc(C(=O)N2CCN(Cc3cccc(C(F)(F)F)c3)CC2)cn1. The van der Waals surface area contributed by atoms with Gasteiger partial charge in [-0.15, -0.1) is 0 Å². The molecular weight excluding hydrogens is 333 g/mol. The number of rotatable bonds is 3. The van der Waals surface area contributed by atoms with E-state index in [1.807, 2.05) is 0 Å². The molecule has 0 aliphatic carbocycles. The lowest BCUT2D eigenvalue weighted by Crippen LogP contribution is -2.48. The molecule has 1 aliphatic rings. The van der Waals surface area contributed by atoms with Gasteiger partial charge >= 0.3 is 6.18 Å². The molecule has 8 heteroatoms. The average Bonchev–Trinajstić information content (AvgIpc) is 3.01. The minimum atomic E-state index is -4.33. The van der Waals surface area contributed by atoms with Gasteiger partial charge in [0.05, 0.1) is 17.3 Å². The van der Waals surface area contributed by atoms with Gasteiger partial charge in [-0.25, -0.2) is 0 Å². The lowest BCUT2D eigenvalue weighted by Gasteiger charge is -2.34. The van der Waals surface area contributed by atoms with Crippen LogP contribution in [0, 0.1) is 0 Å². The summed E-state index contributed by atoms with van der Waals surface area (Å²) in [5, 5.41) is 4.00. The van der Waals surface area contributed by atoms with Gasteiger partial charge in [0, 0.05) is 46.0 Å². The molecule has 3 rings (SSSR count). The van der Waals surface area contributed by atoms with Crippen LogP contribution in [0.4, 0.5) is 13.2 Å². The fourth-order valence-electron chi connectivity index (χ4n) is 2.93. The Morgan fingerprint density at radius 1 is 1.20 bits per heavy atom. The quantitative estimate of drug-likeness (QED) is 0.852. The normalized spacial score (nSPS) is 16.2. The molecule has 1 aromatic heterocycles. The molecule has 1 saturated heterocycles. The highest BCUT2D eigenvalue weighted by Gasteiger charge is 2.30. The number of amides is 1. The summed E-state index contributed by atoms with van der Waals surface area (Å²) in [6, 6.07) is 5.39. The highest BCUT2D eigenvalue weighted by Crippen LogP contribution is 2.29. The summed E-state index contributed by atoms with van der Waals surface area (Å²) in [6.07, 6.45) is -1.11. The summed E-state index contributed by atoms with van der Waals surface area (Å²) in [7, 11) is 1.75. The van der Waals surface area contributed by atoms with E-state index in [0.717, 1.165) is 6.07 Å². The highest BCUT2D eigenvalue weighted by molar-refractivity contribution is 5.93. The monoisotopic (exact) mass is 352 g/mol. The molecule has 1 fully saturated rings. The number of halogens is 3. The first-order chi connectivity index (χ1) is 11.8. The van der Waals surface area contributed by atoms with Crippen LogP contribution in [-0.2, 0) is 19.8 Å². The second kappa shape index (κ2) is 6.87. The molecule has 2 aromatic rings. The van der Waals surface area contributed by atoms with Gasteiger partial charge in [-0.1, -0.05) is 18.2 Å². The van der Waals surface area contributed by atoms with Crippen molar-refractivity contribution in [2.75, 3.05) is 26.2 Å². The van der Waals surface area contributed by atoms with Crippen molar-refractivity contribution in [1.82, 2.24) is 19.6 Å². The van der Waals surface area contributed by atoms with Crippen LogP contribution in [-0.4, -0.2) is 51.7 Å². The predicted octanol–water partition coefficient (Wildman–Crippen LogP) is 2.40. The van der Waals surface area contributed by atoms with Crippen molar-refractivity contribution in [2.45, 2.75) is 12.7 Å². The Hall–Kier alpha value is -2.35. The van der Waals surface area contributed by atoms with Gasteiger partial charge in [-0.3, -0.25) is 14.4 Å². The first-order valence-corrected chi connectivity index (χ1v) is 7.99. The number of aryl methyl sites for hydroxylation is 1. The van der Waals surface area contributed by atoms with Gasteiger partial charge in [0.15, 0.2) is 0 Å². The molecule has 5 nitrogen and oxygen atoms in total. The summed E-state index contributed by atoms with van der Waals surface area (Å²) >= 11 is 0. The molecule has 134 valence electrons. The molecule has 0 bridgehead atoms. The van der Waals surface area contributed by atoms with Crippen LogP contribution in [0.1, 0.15) is 21.5 Å². The smallest absolute Gasteiger partial charge is 0.336 e. The van der Waals surface area contributed by atoms with Gasteiger partial charge in [0.25, 0.3) is 5.91 Å². The number of aromatic nitrogens is 2. The third kappa shape index (κ3) is 4.19. The Labute approximate surface area is 143 Å². The third-order valence-electron chi connectivity index (χ3n) is 4.27. The standard InChI is InChI=1S/C17H19F3N4O/c1-22-12-14(10-21-22)16(25)24-7-5-23(6-8-24)11-13-3-2-4-15(9-13)17(18,19)20/h2-4,9-10,12H,5-8,11H2,1H3. The molecular formula is C17H19F3N4O. The zero-order valence-electron chi connectivity index (χ0n) is 13.8. The zero-order valence-corrected chi connectivity index (χ0v) is 13.8. The van der Waals surface area contributed by atoms with Crippen molar-refractivity contribution in [2.24, 2.45) is 7.05 Å². The number of alkyl halides is 3. The Morgan fingerprint density at radius 3 is 2.52 bits per heavy atom. The van der Waals surface area contributed by atoms with Crippen LogP contribution in [0.3, 0.4) is 0 Å². The Kier molecular flexibility index (Phi) is 4.80. The van der Waals surface area contributed by atoms with E-state index in [2.05, 4.69) is 10.00 Å². The largest absolute Gasteiger partial charge is 0.416 e. The van der Waals surface area contributed by atoms with Crippen LogP contribution in [0.25, 0.3) is 0 Å². The fraction of sp³-hybridized carbons (Fsp3) is 0.412. The van der Waals surface area contributed by atoms with E-state index < -0.39 is 11.7 Å². The maximum absolute atomic E-state index is 12.8. The van der Waals surface area contributed by atoms with Crippen molar-refractivity contribution in [3.8, 4) is 0 Å². The van der Waals surface area contributed by atoms with Gasteiger partial charge in [0.2, 0.25) is 0 Å². The predicted molar refractivity (Wildman–Crippen MR) is 85.8 cm³/mol. The zero-order chi connectivity index (χ0) is 18.0. The number of nitrogens with zero attached hydrogens (tertiary/aromatic N) is 4. The molecule has 2 heterocycles. The molecule has 0 spiro atoms. The van der Waals surface area contributed by atoms with Crippen molar-refractivity contribution < 1.29 is 18.0 Å². The summed E-state index contributed by atoms with van der Waals surface area (Å²) in [6.45, 7) is 2.79. The fourth-order valence-corrected chi connectivity index (χ4v) is 2.93. The molecule has 0 saturated carbocycles. The van der Waals surface area contributed by atoms with Crippen LogP contribution in [0.15, 0.2) is 36.7 Å². The molecule has 25 heavy (non-hydrogen) atoms. The second-order valence-electron chi connectivity index (χ2n) is 6.17. The number of hydrogen-bond acceptors (Lipinski definition) is 3. The van der Waals surface area contributed by atoms with E-state index >= 15 is 0 Å². The average molecular weight is 352 g/mol. The van der Waals surface area contributed by atoms with E-state index in [-0.39, 0.29) is 5.91 Å². The van der Waals surface area contributed by atoms with Gasteiger partial charge in [0.1, 0.15) is 0 Å². The maximum atomic E-state index is 12.8. The Morgan fingerprint density at radius 2 is 1.92 bits per heavy atom. The summed E-state index contributed by atoms with van der Waals surface area (Å²) in [5.74, 6) is -0.0631.